The standard InChI is InChI=1S/C43H66O10/c1-3-5-7-9-11-13-15-17-18-20-21-23-25-27-29-31-38(45)50-34-36(35-51-43-42(49)41(48)40(47)37(33-44)53-43)52-39(46)32-30-28-26-24-22-19-16-14-12-10-8-6-4-2/h5-16,19,22,24,26,36-37,40-44,47-49H,3-4,17-18,20-21,23,25,27-35H2,1-2H3/b7-5+,8-6+,11-9+,12-10+,15-13+,16-14+,22-19+,26-24+/t36?,37-,40+,41?,42?,43-/m0/s1. The van der Waals surface area contributed by atoms with E-state index in [9.17, 15) is 30.0 Å². The number of hydrogen-bond donors (Lipinski definition) is 4. The number of esters is 2. The van der Waals surface area contributed by atoms with Crippen LogP contribution in [0, 0.1) is 0 Å². The van der Waals surface area contributed by atoms with Gasteiger partial charge in [0.05, 0.1) is 13.2 Å². The average Bonchev–Trinajstić information content (AvgIpc) is 3.15. The summed E-state index contributed by atoms with van der Waals surface area (Å²) in [7, 11) is 0. The summed E-state index contributed by atoms with van der Waals surface area (Å²) in [4.78, 5) is 25.2. The van der Waals surface area contributed by atoms with Crippen molar-refractivity contribution >= 4 is 11.9 Å². The second-order valence-corrected chi connectivity index (χ2v) is 12.8. The second-order valence-electron chi connectivity index (χ2n) is 12.8. The van der Waals surface area contributed by atoms with Crippen LogP contribution in [0.3, 0.4) is 0 Å². The molecule has 53 heavy (non-hydrogen) atoms. The van der Waals surface area contributed by atoms with E-state index in [1.54, 1.807) is 0 Å². The molecule has 1 heterocycles. The van der Waals surface area contributed by atoms with Crippen molar-refractivity contribution in [2.45, 2.75) is 141 Å². The predicted octanol–water partition coefficient (Wildman–Crippen LogP) is 7.21. The summed E-state index contributed by atoms with van der Waals surface area (Å²) in [6, 6.07) is 0. The summed E-state index contributed by atoms with van der Waals surface area (Å²) in [6.45, 7) is 3.02. The van der Waals surface area contributed by atoms with E-state index < -0.39 is 55.4 Å². The van der Waals surface area contributed by atoms with Gasteiger partial charge >= 0.3 is 11.9 Å². The Balaban J connectivity index is 2.46. The number of carbonyl (C=O) groups is 2. The molecule has 0 spiro atoms. The monoisotopic (exact) mass is 742 g/mol. The summed E-state index contributed by atoms with van der Waals surface area (Å²) in [5.41, 5.74) is 0. The number of hydrogen-bond acceptors (Lipinski definition) is 10. The number of rotatable bonds is 29. The minimum atomic E-state index is -1.61. The molecule has 0 bridgehead atoms. The second kappa shape index (κ2) is 33.2. The van der Waals surface area contributed by atoms with Gasteiger partial charge in [-0.15, -0.1) is 0 Å². The molecule has 0 saturated carbocycles. The number of allylic oxidation sites excluding steroid dienone is 16. The van der Waals surface area contributed by atoms with Crippen LogP contribution in [0.4, 0.5) is 0 Å². The minimum absolute atomic E-state index is 0.125. The summed E-state index contributed by atoms with van der Waals surface area (Å²) < 4.78 is 22.0. The Hall–Kier alpha value is -3.38. The van der Waals surface area contributed by atoms with Gasteiger partial charge in [0.1, 0.15) is 31.0 Å². The summed E-state index contributed by atoms with van der Waals surface area (Å²) in [5.74, 6) is -0.922. The lowest BCUT2D eigenvalue weighted by Gasteiger charge is -2.39. The van der Waals surface area contributed by atoms with Gasteiger partial charge in [-0.05, 0) is 44.9 Å². The zero-order valence-electron chi connectivity index (χ0n) is 32.0. The van der Waals surface area contributed by atoms with Gasteiger partial charge in [-0.1, -0.05) is 143 Å². The van der Waals surface area contributed by atoms with Crippen LogP contribution >= 0.6 is 0 Å². The van der Waals surface area contributed by atoms with Crippen LogP contribution in [0.15, 0.2) is 97.2 Å². The molecule has 298 valence electrons. The molecule has 0 radical (unpaired) electrons. The van der Waals surface area contributed by atoms with Gasteiger partial charge in [-0.2, -0.15) is 0 Å². The molecule has 1 saturated heterocycles. The first-order chi connectivity index (χ1) is 25.8. The number of carbonyl (C=O) groups excluding carboxylic acids is 2. The van der Waals surface area contributed by atoms with E-state index in [2.05, 4.69) is 50.3 Å². The van der Waals surface area contributed by atoms with E-state index >= 15 is 0 Å². The van der Waals surface area contributed by atoms with Crippen molar-refractivity contribution in [3.8, 4) is 0 Å². The van der Waals surface area contributed by atoms with Gasteiger partial charge in [0.15, 0.2) is 12.4 Å². The van der Waals surface area contributed by atoms with E-state index in [1.165, 1.54) is 6.42 Å². The maximum absolute atomic E-state index is 12.7. The first-order valence-electron chi connectivity index (χ1n) is 19.4. The molecule has 0 aromatic carbocycles. The quantitative estimate of drug-likeness (QED) is 0.0352. The van der Waals surface area contributed by atoms with Gasteiger partial charge in [0.25, 0.3) is 0 Å². The highest BCUT2D eigenvalue weighted by molar-refractivity contribution is 5.70. The summed E-state index contributed by atoms with van der Waals surface area (Å²) in [5, 5.41) is 39.9. The molecule has 10 nitrogen and oxygen atoms in total. The molecule has 10 heteroatoms. The maximum atomic E-state index is 12.7. The highest BCUT2D eigenvalue weighted by atomic mass is 16.7. The van der Waals surface area contributed by atoms with E-state index in [0.717, 1.165) is 51.4 Å². The van der Waals surface area contributed by atoms with Crippen LogP contribution in [0.25, 0.3) is 0 Å². The molecule has 1 aliphatic rings. The number of unbranched alkanes of at least 4 members (excludes halogenated alkanes) is 8. The van der Waals surface area contributed by atoms with Crippen LogP contribution in [0.5, 0.6) is 0 Å². The zero-order chi connectivity index (χ0) is 38.8. The SMILES string of the molecule is CC/C=C/C=C/C=C/C=C/C=C/CCCC(=O)OC(COC(=O)CCCCCCCCC/C=C/C=C/C=C/CC)CO[C@H]1O[C@@H](CO)[C@@H](O)C(O)C1O. The van der Waals surface area contributed by atoms with Crippen LogP contribution in [0.2, 0.25) is 0 Å². The fourth-order valence-electron chi connectivity index (χ4n) is 5.10. The lowest BCUT2D eigenvalue weighted by Crippen LogP contribution is -2.59. The smallest absolute Gasteiger partial charge is 0.306 e. The van der Waals surface area contributed by atoms with Crippen LogP contribution in [-0.4, -0.2) is 89.0 Å². The normalized spacial score (nSPS) is 22.0. The van der Waals surface area contributed by atoms with Gasteiger partial charge in [0.2, 0.25) is 0 Å². The van der Waals surface area contributed by atoms with Crippen molar-refractivity contribution in [1.29, 1.82) is 0 Å². The van der Waals surface area contributed by atoms with Gasteiger partial charge < -0.3 is 39.4 Å². The number of aliphatic hydroxyl groups excluding tert-OH is 4. The zero-order valence-corrected chi connectivity index (χ0v) is 32.0. The van der Waals surface area contributed by atoms with Crippen molar-refractivity contribution in [3.05, 3.63) is 97.2 Å². The molecule has 3 unspecified atom stereocenters. The Morgan fingerprint density at radius 2 is 1.08 bits per heavy atom. The Labute approximate surface area is 317 Å². The van der Waals surface area contributed by atoms with E-state index in [-0.39, 0.29) is 26.1 Å². The molecular formula is C43H66O10. The van der Waals surface area contributed by atoms with E-state index in [4.69, 9.17) is 18.9 Å². The molecule has 0 aromatic heterocycles. The molecule has 4 N–H and O–H groups in total. The van der Waals surface area contributed by atoms with Crippen molar-refractivity contribution < 1.29 is 49.0 Å². The first-order valence-corrected chi connectivity index (χ1v) is 19.4. The molecule has 1 rings (SSSR count). The number of ether oxygens (including phenoxy) is 4. The fraction of sp³-hybridized carbons (Fsp3) is 0.581. The molecule has 0 aliphatic carbocycles. The fourth-order valence-corrected chi connectivity index (χ4v) is 5.10. The van der Waals surface area contributed by atoms with Crippen molar-refractivity contribution in [2.24, 2.45) is 0 Å². The average molecular weight is 743 g/mol. The van der Waals surface area contributed by atoms with Gasteiger partial charge in [0, 0.05) is 12.8 Å². The molecule has 0 amide bonds. The summed E-state index contributed by atoms with van der Waals surface area (Å²) >= 11 is 0. The maximum Gasteiger partial charge on any atom is 0.306 e. The van der Waals surface area contributed by atoms with Crippen molar-refractivity contribution in [2.75, 3.05) is 19.8 Å². The lowest BCUT2D eigenvalue weighted by molar-refractivity contribution is -0.305. The molecule has 6 atom stereocenters. The largest absolute Gasteiger partial charge is 0.462 e. The lowest BCUT2D eigenvalue weighted by atomic mass is 9.99. The third kappa shape index (κ3) is 25.3. The van der Waals surface area contributed by atoms with Crippen molar-refractivity contribution in [3.63, 3.8) is 0 Å². The highest BCUT2D eigenvalue weighted by Crippen LogP contribution is 2.22. The van der Waals surface area contributed by atoms with Crippen LogP contribution in [-0.2, 0) is 28.5 Å². The molecule has 1 aliphatic heterocycles. The van der Waals surface area contributed by atoms with Gasteiger partial charge in [-0.3, -0.25) is 9.59 Å². The van der Waals surface area contributed by atoms with Gasteiger partial charge in [-0.25, -0.2) is 0 Å². The minimum Gasteiger partial charge on any atom is -0.462 e. The number of aliphatic hydroxyl groups is 4. The Kier molecular flexibility index (Phi) is 29.9. The first kappa shape index (κ1) is 47.6. The topological polar surface area (TPSA) is 152 Å². The van der Waals surface area contributed by atoms with Crippen molar-refractivity contribution in [1.82, 2.24) is 0 Å². The molecule has 0 aromatic rings. The van der Waals surface area contributed by atoms with E-state index in [0.29, 0.717) is 19.3 Å². The predicted molar refractivity (Wildman–Crippen MR) is 210 cm³/mol. The Morgan fingerprint density at radius 1 is 0.585 bits per heavy atom. The van der Waals surface area contributed by atoms with E-state index in [1.807, 2.05) is 60.8 Å². The third-order valence-electron chi connectivity index (χ3n) is 8.15. The van der Waals surface area contributed by atoms with Crippen LogP contribution in [0.1, 0.15) is 104 Å². The molecular weight excluding hydrogens is 676 g/mol. The highest BCUT2D eigenvalue weighted by Gasteiger charge is 2.44. The molecule has 1 fully saturated rings. The summed E-state index contributed by atoms with van der Waals surface area (Å²) in [6.07, 6.45) is 35.7. The Morgan fingerprint density at radius 3 is 1.64 bits per heavy atom. The third-order valence-corrected chi connectivity index (χ3v) is 8.15. The Bertz CT molecular complexity index is 1180. The van der Waals surface area contributed by atoms with Crippen LogP contribution < -0.4 is 0 Å².